The molecule has 0 amide bonds. The van der Waals surface area contributed by atoms with Crippen molar-refractivity contribution in [2.45, 2.75) is 18.9 Å². The Bertz CT molecular complexity index is 608. The minimum atomic E-state index is 0.562. The van der Waals surface area contributed by atoms with Gasteiger partial charge in [-0.25, -0.2) is 9.97 Å². The Morgan fingerprint density at radius 3 is 2.85 bits per heavy atom. The summed E-state index contributed by atoms with van der Waals surface area (Å²) >= 11 is 6.00. The van der Waals surface area contributed by atoms with Crippen molar-refractivity contribution in [2.24, 2.45) is 5.92 Å². The van der Waals surface area contributed by atoms with Gasteiger partial charge in [-0.15, -0.1) is 0 Å². The Hall–Kier alpha value is -1.39. The fraction of sp³-hybridized carbons (Fsp3) is 0.467. The summed E-state index contributed by atoms with van der Waals surface area (Å²) in [4.78, 5) is 10.9. The van der Waals surface area contributed by atoms with Gasteiger partial charge >= 0.3 is 0 Å². The highest BCUT2D eigenvalue weighted by molar-refractivity contribution is 6.31. The van der Waals surface area contributed by atoms with Crippen molar-refractivity contribution in [1.29, 1.82) is 0 Å². The zero-order valence-electron chi connectivity index (χ0n) is 11.8. The summed E-state index contributed by atoms with van der Waals surface area (Å²) in [5.41, 5.74) is 0.878. The molecule has 1 fully saturated rings. The number of rotatable bonds is 5. The van der Waals surface area contributed by atoms with Crippen molar-refractivity contribution in [3.63, 3.8) is 0 Å². The number of benzene rings is 1. The molecule has 2 aromatic rings. The molecular formula is C15H19ClN4. The maximum Gasteiger partial charge on any atom is 0.137 e. The second kappa shape index (κ2) is 5.54. The lowest BCUT2D eigenvalue weighted by atomic mass is 10.1. The smallest absolute Gasteiger partial charge is 0.137 e. The summed E-state index contributed by atoms with van der Waals surface area (Å²) < 4.78 is 0. The number of nitrogens with one attached hydrogen (secondary N) is 1. The molecule has 0 aliphatic heterocycles. The molecule has 20 heavy (non-hydrogen) atoms. The topological polar surface area (TPSA) is 41.0 Å². The number of nitrogens with zero attached hydrogens (tertiary/aromatic N) is 3. The first-order valence-electron chi connectivity index (χ1n) is 6.95. The Morgan fingerprint density at radius 1 is 1.35 bits per heavy atom. The molecule has 0 radical (unpaired) electrons. The zero-order valence-corrected chi connectivity index (χ0v) is 12.6. The van der Waals surface area contributed by atoms with Crippen molar-refractivity contribution >= 4 is 28.3 Å². The van der Waals surface area contributed by atoms with E-state index in [9.17, 15) is 0 Å². The van der Waals surface area contributed by atoms with E-state index < -0.39 is 0 Å². The van der Waals surface area contributed by atoms with E-state index in [1.54, 1.807) is 6.33 Å². The largest absolute Gasteiger partial charge is 0.368 e. The maximum absolute atomic E-state index is 6.00. The minimum absolute atomic E-state index is 0.562. The molecule has 1 unspecified atom stereocenters. The summed E-state index contributed by atoms with van der Waals surface area (Å²) in [6.07, 6.45) is 4.26. The summed E-state index contributed by atoms with van der Waals surface area (Å²) in [7, 11) is 4.28. The Morgan fingerprint density at radius 2 is 2.15 bits per heavy atom. The van der Waals surface area contributed by atoms with Crippen LogP contribution < -0.4 is 5.32 Å². The van der Waals surface area contributed by atoms with Crippen LogP contribution in [0.25, 0.3) is 10.9 Å². The summed E-state index contributed by atoms with van der Waals surface area (Å²) in [6, 6.07) is 6.28. The van der Waals surface area contributed by atoms with Gasteiger partial charge in [-0.1, -0.05) is 11.6 Å². The molecule has 0 saturated heterocycles. The van der Waals surface area contributed by atoms with Gasteiger partial charge in [0.2, 0.25) is 0 Å². The van der Waals surface area contributed by atoms with E-state index in [2.05, 4.69) is 34.3 Å². The Kier molecular flexibility index (Phi) is 3.76. The predicted octanol–water partition coefficient (Wildman–Crippen LogP) is 3.04. The molecule has 5 heteroatoms. The number of aromatic nitrogens is 2. The van der Waals surface area contributed by atoms with Crippen LogP contribution in [-0.4, -0.2) is 41.5 Å². The van der Waals surface area contributed by atoms with Gasteiger partial charge in [0, 0.05) is 23.0 Å². The molecule has 0 spiro atoms. The standard InChI is InChI=1S/C15H19ClN4/c1-20(2)14(10-3-4-10)8-17-15-12-6-5-11(16)7-13(12)18-9-19-15/h5-7,9-10,14H,3-4,8H2,1-2H3,(H,17,18,19). The normalized spacial score (nSPS) is 16.6. The third-order valence-corrected chi connectivity index (χ3v) is 4.14. The van der Waals surface area contributed by atoms with Gasteiger partial charge in [0.15, 0.2) is 0 Å². The average Bonchev–Trinajstić information content (AvgIpc) is 3.23. The quantitative estimate of drug-likeness (QED) is 0.919. The average molecular weight is 291 g/mol. The molecule has 1 atom stereocenters. The van der Waals surface area contributed by atoms with Gasteiger partial charge in [0.25, 0.3) is 0 Å². The fourth-order valence-corrected chi connectivity index (χ4v) is 2.79. The number of likely N-dealkylation sites (N-methyl/N-ethyl adjacent to an activating group) is 1. The molecule has 1 N–H and O–H groups in total. The van der Waals surface area contributed by atoms with Crippen LogP contribution in [0.15, 0.2) is 24.5 Å². The highest BCUT2D eigenvalue weighted by Crippen LogP contribution is 2.34. The SMILES string of the molecule is CN(C)C(CNc1ncnc2cc(Cl)ccc12)C1CC1. The zero-order chi connectivity index (χ0) is 14.1. The van der Waals surface area contributed by atoms with E-state index in [1.165, 1.54) is 12.8 Å². The van der Waals surface area contributed by atoms with Crippen LogP contribution in [0.3, 0.4) is 0 Å². The molecular weight excluding hydrogens is 272 g/mol. The molecule has 1 aromatic heterocycles. The van der Waals surface area contributed by atoms with Crippen LogP contribution in [0, 0.1) is 5.92 Å². The predicted molar refractivity (Wildman–Crippen MR) is 83.2 cm³/mol. The van der Waals surface area contributed by atoms with E-state index in [-0.39, 0.29) is 0 Å². The molecule has 1 aliphatic rings. The lowest BCUT2D eigenvalue weighted by Gasteiger charge is -2.24. The third-order valence-electron chi connectivity index (χ3n) is 3.91. The third kappa shape index (κ3) is 2.86. The van der Waals surface area contributed by atoms with Crippen molar-refractivity contribution in [3.8, 4) is 0 Å². The molecule has 0 bridgehead atoms. The first-order chi connectivity index (χ1) is 9.65. The van der Waals surface area contributed by atoms with Gasteiger partial charge in [-0.3, -0.25) is 0 Å². The van der Waals surface area contributed by atoms with Crippen molar-refractivity contribution < 1.29 is 0 Å². The number of anilines is 1. The lowest BCUT2D eigenvalue weighted by molar-refractivity contribution is 0.276. The fourth-order valence-electron chi connectivity index (χ4n) is 2.62. The van der Waals surface area contributed by atoms with Crippen LogP contribution in [0.4, 0.5) is 5.82 Å². The van der Waals surface area contributed by atoms with Crippen molar-refractivity contribution in [2.75, 3.05) is 26.0 Å². The van der Waals surface area contributed by atoms with Crippen LogP contribution >= 0.6 is 11.6 Å². The summed E-state index contributed by atoms with van der Waals surface area (Å²) in [5.74, 6) is 1.71. The highest BCUT2D eigenvalue weighted by atomic mass is 35.5. The molecule has 106 valence electrons. The molecule has 4 nitrogen and oxygen atoms in total. The molecule has 1 saturated carbocycles. The number of hydrogen-bond donors (Lipinski definition) is 1. The Labute approximate surface area is 124 Å². The van der Waals surface area contributed by atoms with Crippen LogP contribution in [0.5, 0.6) is 0 Å². The van der Waals surface area contributed by atoms with Crippen molar-refractivity contribution in [3.05, 3.63) is 29.5 Å². The van der Waals surface area contributed by atoms with Gasteiger partial charge in [0.05, 0.1) is 5.52 Å². The Balaban J connectivity index is 1.80. The van der Waals surface area contributed by atoms with E-state index in [0.29, 0.717) is 11.1 Å². The second-order valence-electron chi connectivity index (χ2n) is 5.63. The van der Waals surface area contributed by atoms with Gasteiger partial charge in [-0.05, 0) is 51.1 Å². The summed E-state index contributed by atoms with van der Waals surface area (Å²) in [6.45, 7) is 0.909. The first kappa shape index (κ1) is 13.6. The van der Waals surface area contributed by atoms with E-state index in [1.807, 2.05) is 18.2 Å². The van der Waals surface area contributed by atoms with Gasteiger partial charge in [0.1, 0.15) is 12.1 Å². The minimum Gasteiger partial charge on any atom is -0.368 e. The maximum atomic E-state index is 6.00. The number of halogens is 1. The van der Waals surface area contributed by atoms with Crippen LogP contribution in [0.2, 0.25) is 5.02 Å². The van der Waals surface area contributed by atoms with Gasteiger partial charge in [-0.2, -0.15) is 0 Å². The van der Waals surface area contributed by atoms with Gasteiger partial charge < -0.3 is 10.2 Å². The first-order valence-corrected chi connectivity index (χ1v) is 7.33. The van der Waals surface area contributed by atoms with Crippen LogP contribution in [-0.2, 0) is 0 Å². The van der Waals surface area contributed by atoms with E-state index in [4.69, 9.17) is 11.6 Å². The van der Waals surface area contributed by atoms with E-state index >= 15 is 0 Å². The lowest BCUT2D eigenvalue weighted by Crippen LogP contribution is -2.36. The monoisotopic (exact) mass is 290 g/mol. The molecule has 1 aliphatic carbocycles. The van der Waals surface area contributed by atoms with Crippen molar-refractivity contribution in [1.82, 2.24) is 14.9 Å². The van der Waals surface area contributed by atoms with Crippen LogP contribution in [0.1, 0.15) is 12.8 Å². The number of fused-ring (bicyclic) bond motifs is 1. The summed E-state index contributed by atoms with van der Waals surface area (Å²) in [5, 5.41) is 5.19. The number of hydrogen-bond acceptors (Lipinski definition) is 4. The molecule has 3 rings (SSSR count). The molecule has 1 aromatic carbocycles. The van der Waals surface area contributed by atoms with E-state index in [0.717, 1.165) is 29.2 Å². The second-order valence-corrected chi connectivity index (χ2v) is 6.07. The molecule has 1 heterocycles. The highest BCUT2D eigenvalue weighted by Gasteiger charge is 2.32.